The summed E-state index contributed by atoms with van der Waals surface area (Å²) in [7, 11) is 0. The fourth-order valence-electron chi connectivity index (χ4n) is 6.20. The van der Waals surface area contributed by atoms with Crippen LogP contribution in [-0.2, 0) is 22.4 Å². The van der Waals surface area contributed by atoms with Gasteiger partial charge in [-0.2, -0.15) is 0 Å². The second kappa shape index (κ2) is 7.55. The minimum absolute atomic E-state index is 0.0470. The van der Waals surface area contributed by atoms with Gasteiger partial charge in [-0.3, -0.25) is 14.9 Å². The summed E-state index contributed by atoms with van der Waals surface area (Å²) in [5, 5.41) is 23.0. The number of hydrogen-bond acceptors (Lipinski definition) is 5. The van der Waals surface area contributed by atoms with E-state index in [9.17, 15) is 20.0 Å². The summed E-state index contributed by atoms with van der Waals surface area (Å²) in [6, 6.07) is 10.9. The average Bonchev–Trinajstić information content (AvgIpc) is 3.44. The zero-order valence-electron chi connectivity index (χ0n) is 18.5. The molecule has 2 aromatic carbocycles. The lowest BCUT2D eigenvalue weighted by Crippen LogP contribution is -2.33. The number of fused-ring (bicyclic) bond motifs is 5. The third-order valence-electron chi connectivity index (χ3n) is 7.47. The summed E-state index contributed by atoms with van der Waals surface area (Å²) < 4.78 is 6.16. The Hall–Kier alpha value is -2.99. The van der Waals surface area contributed by atoms with Crippen LogP contribution in [0.3, 0.4) is 0 Å². The number of nitrogens with zero attached hydrogens (tertiary/aromatic N) is 1. The van der Waals surface area contributed by atoms with E-state index in [1.54, 1.807) is 18.2 Å². The summed E-state index contributed by atoms with van der Waals surface area (Å²) in [6.45, 7) is 6.17. The first-order valence-corrected chi connectivity index (χ1v) is 11.4. The van der Waals surface area contributed by atoms with Crippen molar-refractivity contribution in [3.8, 4) is 0 Å². The van der Waals surface area contributed by atoms with Crippen molar-refractivity contribution < 1.29 is 19.6 Å². The van der Waals surface area contributed by atoms with Crippen LogP contribution in [0.1, 0.15) is 54.0 Å². The van der Waals surface area contributed by atoms with Gasteiger partial charge in [-0.1, -0.05) is 49.7 Å². The molecule has 2 bridgehead atoms. The molecule has 0 saturated carbocycles. The van der Waals surface area contributed by atoms with E-state index in [4.69, 9.17) is 4.74 Å². The Labute approximate surface area is 187 Å². The molecule has 1 aliphatic carbocycles. The molecule has 6 heteroatoms. The molecule has 1 N–H and O–H groups in total. The largest absolute Gasteiger partial charge is 0.511 e. The monoisotopic (exact) mass is 433 g/mol. The molecule has 2 heterocycles. The van der Waals surface area contributed by atoms with E-state index < -0.39 is 17.9 Å². The molecule has 0 amide bonds. The van der Waals surface area contributed by atoms with Gasteiger partial charge in [0.2, 0.25) is 0 Å². The van der Waals surface area contributed by atoms with Crippen LogP contribution in [0.2, 0.25) is 0 Å². The number of ketones is 1. The molecular weight excluding hydrogens is 406 g/mol. The van der Waals surface area contributed by atoms with Crippen LogP contribution in [0, 0.1) is 28.9 Å². The molecule has 2 aromatic rings. The molecule has 5 atom stereocenters. The quantitative estimate of drug-likeness (QED) is 0.525. The van der Waals surface area contributed by atoms with Gasteiger partial charge < -0.3 is 9.84 Å². The second-order valence-electron chi connectivity index (χ2n) is 9.14. The lowest BCUT2D eigenvalue weighted by molar-refractivity contribution is -0.385. The highest BCUT2D eigenvalue weighted by atomic mass is 16.6. The lowest BCUT2D eigenvalue weighted by Gasteiger charge is -2.27. The lowest BCUT2D eigenvalue weighted by atomic mass is 9.72. The van der Waals surface area contributed by atoms with Crippen molar-refractivity contribution in [1.29, 1.82) is 0 Å². The van der Waals surface area contributed by atoms with Gasteiger partial charge in [0.15, 0.2) is 5.78 Å². The number of ether oxygens (including phenoxy) is 1. The van der Waals surface area contributed by atoms with E-state index in [1.807, 2.05) is 6.92 Å². The highest BCUT2D eigenvalue weighted by Gasteiger charge is 2.63. The fourth-order valence-corrected chi connectivity index (χ4v) is 6.20. The molecule has 166 valence electrons. The molecule has 3 aliphatic rings. The van der Waals surface area contributed by atoms with Gasteiger partial charge in [-0.15, -0.1) is 0 Å². The van der Waals surface area contributed by atoms with Gasteiger partial charge in [0.25, 0.3) is 5.69 Å². The second-order valence-corrected chi connectivity index (χ2v) is 9.14. The number of Topliss-reactive ketones (excluding diaryl/α,β-unsaturated/α-hetero) is 1. The highest BCUT2D eigenvalue weighted by molar-refractivity contribution is 6.26. The predicted octanol–water partition coefficient (Wildman–Crippen LogP) is 5.07. The smallest absolute Gasteiger partial charge is 0.272 e. The first-order chi connectivity index (χ1) is 15.4. The third kappa shape index (κ3) is 2.85. The molecule has 0 radical (unpaired) electrons. The summed E-state index contributed by atoms with van der Waals surface area (Å²) in [5.41, 5.74) is 5.29. The van der Waals surface area contributed by atoms with Crippen LogP contribution >= 0.6 is 0 Å². The Balaban J connectivity index is 1.60. The maximum Gasteiger partial charge on any atom is 0.272 e. The Kier molecular flexibility index (Phi) is 4.93. The number of nitro benzene ring substituents is 1. The van der Waals surface area contributed by atoms with Crippen molar-refractivity contribution in [3.63, 3.8) is 0 Å². The zero-order chi connectivity index (χ0) is 22.7. The molecule has 6 nitrogen and oxygen atoms in total. The maximum absolute atomic E-state index is 13.6. The van der Waals surface area contributed by atoms with E-state index in [2.05, 4.69) is 26.0 Å². The van der Waals surface area contributed by atoms with Gasteiger partial charge in [-0.25, -0.2) is 0 Å². The van der Waals surface area contributed by atoms with Crippen molar-refractivity contribution in [2.75, 3.05) is 0 Å². The van der Waals surface area contributed by atoms with Crippen LogP contribution in [0.5, 0.6) is 0 Å². The van der Waals surface area contributed by atoms with Gasteiger partial charge in [0.1, 0.15) is 5.76 Å². The third-order valence-corrected chi connectivity index (χ3v) is 7.47. The van der Waals surface area contributed by atoms with E-state index >= 15 is 0 Å². The SMILES string of the molecule is CCc1cc(C)cc(CC)c1C1=C(O)[C@@H]2C3OC(CC3c3ccccc3[N+](=O)[O-])[C@@H]2C1=O. The summed E-state index contributed by atoms with van der Waals surface area (Å²) in [6.07, 6.45) is 1.32. The van der Waals surface area contributed by atoms with Crippen molar-refractivity contribution in [1.82, 2.24) is 0 Å². The van der Waals surface area contributed by atoms with E-state index in [-0.39, 0.29) is 34.2 Å². The van der Waals surface area contributed by atoms with Crippen LogP contribution in [-0.4, -0.2) is 28.0 Å². The van der Waals surface area contributed by atoms with Gasteiger partial charge in [-0.05, 0) is 42.9 Å². The molecule has 0 aromatic heterocycles. The molecule has 2 aliphatic heterocycles. The molecule has 3 unspecified atom stereocenters. The molecule has 5 rings (SSSR count). The van der Waals surface area contributed by atoms with E-state index in [0.717, 1.165) is 35.1 Å². The van der Waals surface area contributed by atoms with Crippen LogP contribution < -0.4 is 0 Å². The Morgan fingerprint density at radius 2 is 1.78 bits per heavy atom. The highest BCUT2D eigenvalue weighted by Crippen LogP contribution is 2.59. The average molecular weight is 434 g/mol. The van der Waals surface area contributed by atoms with Crippen LogP contribution in [0.4, 0.5) is 5.69 Å². The number of rotatable bonds is 5. The van der Waals surface area contributed by atoms with Crippen molar-refractivity contribution in [2.45, 2.75) is 58.2 Å². The zero-order valence-corrected chi connectivity index (χ0v) is 18.5. The standard InChI is InChI=1S/C26H27NO5/c1-4-14-10-13(3)11-15(5-2)20(14)22-24(28)21-19-12-17(26(32-19)23(21)25(22)29)16-8-6-7-9-18(16)27(30)31/h6-11,17,19,21,23,26,29H,4-5,12H2,1-3H3/t17?,19?,21-,23+,26?/m0/s1. The molecule has 32 heavy (non-hydrogen) atoms. The van der Waals surface area contributed by atoms with Crippen molar-refractivity contribution in [2.24, 2.45) is 11.8 Å². The van der Waals surface area contributed by atoms with Gasteiger partial charge >= 0.3 is 0 Å². The van der Waals surface area contributed by atoms with Crippen molar-refractivity contribution in [3.05, 3.63) is 80.1 Å². The first-order valence-electron chi connectivity index (χ1n) is 11.4. The van der Waals surface area contributed by atoms with Crippen LogP contribution in [0.25, 0.3) is 5.57 Å². The Morgan fingerprint density at radius 3 is 2.41 bits per heavy atom. The number of allylic oxidation sites excluding steroid dienone is 1. The number of aliphatic hydroxyl groups is 1. The van der Waals surface area contributed by atoms with Gasteiger partial charge in [0, 0.05) is 17.5 Å². The predicted molar refractivity (Wildman–Crippen MR) is 121 cm³/mol. The summed E-state index contributed by atoms with van der Waals surface area (Å²) in [4.78, 5) is 24.8. The number of nitro groups is 1. The number of hydrogen-bond donors (Lipinski definition) is 1. The Morgan fingerprint density at radius 1 is 1.12 bits per heavy atom. The first kappa shape index (κ1) is 20.9. The number of benzene rings is 2. The normalized spacial score (nSPS) is 28.5. The topological polar surface area (TPSA) is 89.7 Å². The number of aryl methyl sites for hydroxylation is 3. The maximum atomic E-state index is 13.6. The van der Waals surface area contributed by atoms with Crippen LogP contribution in [0.15, 0.2) is 42.2 Å². The molecule has 2 fully saturated rings. The fraction of sp³-hybridized carbons (Fsp3) is 0.423. The van der Waals surface area contributed by atoms with E-state index in [0.29, 0.717) is 17.6 Å². The number of para-hydroxylation sites is 1. The molecule has 0 spiro atoms. The molecule has 2 saturated heterocycles. The number of carbonyl (C=O) groups is 1. The Bertz CT molecular complexity index is 1140. The summed E-state index contributed by atoms with van der Waals surface area (Å²) >= 11 is 0. The van der Waals surface area contributed by atoms with Gasteiger partial charge in [0.05, 0.1) is 34.5 Å². The summed E-state index contributed by atoms with van der Waals surface area (Å²) in [5.74, 6) is -1.02. The molecular formula is C26H27NO5. The van der Waals surface area contributed by atoms with E-state index in [1.165, 1.54) is 6.07 Å². The number of aliphatic hydroxyl groups excluding tert-OH is 1. The van der Waals surface area contributed by atoms with Crippen molar-refractivity contribution >= 4 is 17.0 Å². The number of carbonyl (C=O) groups excluding carboxylic acids is 1. The minimum atomic E-state index is -0.447. The minimum Gasteiger partial charge on any atom is -0.511 e.